The minimum Gasteiger partial charge on any atom is -0.394 e. The van der Waals surface area contributed by atoms with Gasteiger partial charge >= 0.3 is 0 Å². The Balaban J connectivity index is 2.83. The SMILES string of the molecule is [2H]CC(C)=NC(CO)c1ccccc1. The van der Waals surface area contributed by atoms with Crippen molar-refractivity contribution in [1.82, 2.24) is 0 Å². The van der Waals surface area contributed by atoms with E-state index in [1.807, 2.05) is 30.3 Å². The van der Waals surface area contributed by atoms with E-state index in [9.17, 15) is 0 Å². The van der Waals surface area contributed by atoms with Crippen molar-refractivity contribution < 1.29 is 6.48 Å². The van der Waals surface area contributed by atoms with E-state index in [4.69, 9.17) is 6.48 Å². The number of aliphatic hydroxyl groups is 1. The lowest BCUT2D eigenvalue weighted by atomic mass is 10.1. The number of hydrogen-bond acceptors (Lipinski definition) is 2. The number of aliphatic hydroxyl groups excluding tert-OH is 1. The van der Waals surface area contributed by atoms with Gasteiger partial charge in [-0.2, -0.15) is 0 Å². The van der Waals surface area contributed by atoms with Crippen molar-refractivity contribution in [2.45, 2.75) is 19.9 Å². The van der Waals surface area contributed by atoms with Gasteiger partial charge in [-0.1, -0.05) is 30.3 Å². The van der Waals surface area contributed by atoms with E-state index in [2.05, 4.69) is 4.99 Å². The molecule has 0 aliphatic heterocycles. The number of aliphatic imine (C=N–C) groups is 1. The quantitative estimate of drug-likeness (QED) is 0.707. The minimum absolute atomic E-state index is 0.0125. The highest BCUT2D eigenvalue weighted by molar-refractivity contribution is 5.79. The van der Waals surface area contributed by atoms with Crippen LogP contribution in [0.15, 0.2) is 35.3 Å². The third-order valence-electron chi connectivity index (χ3n) is 1.73. The van der Waals surface area contributed by atoms with Crippen LogP contribution in [0.25, 0.3) is 0 Å². The molecule has 1 rings (SSSR count). The molecule has 0 bridgehead atoms. The fraction of sp³-hybridized carbons (Fsp3) is 0.364. The summed E-state index contributed by atoms with van der Waals surface area (Å²) in [5, 5.41) is 9.16. The molecule has 70 valence electrons. The van der Waals surface area contributed by atoms with Gasteiger partial charge in [0.2, 0.25) is 0 Å². The van der Waals surface area contributed by atoms with E-state index in [1.165, 1.54) is 0 Å². The fourth-order valence-corrected chi connectivity index (χ4v) is 1.16. The molecule has 1 unspecified atom stereocenters. The molecule has 0 fully saturated rings. The lowest BCUT2D eigenvalue weighted by Gasteiger charge is -2.09. The van der Waals surface area contributed by atoms with Gasteiger partial charge in [-0.3, -0.25) is 4.99 Å². The minimum atomic E-state index is -0.221. The molecule has 1 N–H and O–H groups in total. The summed E-state index contributed by atoms with van der Waals surface area (Å²) in [5.74, 6) is 0. The first-order chi connectivity index (χ1) is 6.77. The normalized spacial score (nSPS) is 15.2. The van der Waals surface area contributed by atoms with Crippen molar-refractivity contribution in [1.29, 1.82) is 0 Å². The van der Waals surface area contributed by atoms with E-state index in [0.29, 0.717) is 0 Å². The molecule has 2 heteroatoms. The maximum absolute atomic E-state index is 9.16. The second-order valence-corrected chi connectivity index (χ2v) is 2.97. The summed E-state index contributed by atoms with van der Waals surface area (Å²) in [5.41, 5.74) is 1.73. The van der Waals surface area contributed by atoms with Crippen molar-refractivity contribution in [3.05, 3.63) is 35.9 Å². The Hall–Kier alpha value is -1.15. The van der Waals surface area contributed by atoms with E-state index >= 15 is 0 Å². The Kier molecular flexibility index (Phi) is 3.10. The van der Waals surface area contributed by atoms with Crippen LogP contribution < -0.4 is 0 Å². The van der Waals surface area contributed by atoms with Crippen LogP contribution >= 0.6 is 0 Å². The van der Waals surface area contributed by atoms with E-state index in [0.717, 1.165) is 11.3 Å². The van der Waals surface area contributed by atoms with Crippen LogP contribution in [0.1, 0.15) is 26.8 Å². The Bertz CT molecular complexity index is 297. The van der Waals surface area contributed by atoms with Crippen LogP contribution in [0.5, 0.6) is 0 Å². The molecule has 1 atom stereocenters. The van der Waals surface area contributed by atoms with Gasteiger partial charge in [-0.25, -0.2) is 0 Å². The highest BCUT2D eigenvalue weighted by Crippen LogP contribution is 2.16. The molecule has 0 saturated heterocycles. The molecule has 0 spiro atoms. The van der Waals surface area contributed by atoms with Crippen LogP contribution in [0.3, 0.4) is 0 Å². The molecular formula is C11H15NO. The molecule has 13 heavy (non-hydrogen) atoms. The second kappa shape index (κ2) is 4.77. The predicted octanol–water partition coefficient (Wildman–Crippen LogP) is 2.20. The maximum Gasteiger partial charge on any atom is 0.0978 e. The van der Waals surface area contributed by atoms with Crippen molar-refractivity contribution in [2.75, 3.05) is 6.61 Å². The van der Waals surface area contributed by atoms with Gasteiger partial charge in [0.1, 0.15) is 0 Å². The number of rotatable bonds is 3. The highest BCUT2D eigenvalue weighted by Gasteiger charge is 2.06. The molecule has 0 heterocycles. The zero-order chi connectivity index (χ0) is 10.4. The standard InChI is InChI=1S/C11H15NO/c1-9(2)12-11(8-13)10-6-4-3-5-7-10/h3-7,11,13H,8H2,1-2H3/i1D. The van der Waals surface area contributed by atoms with Gasteiger partial charge in [-0.15, -0.1) is 0 Å². The molecule has 2 nitrogen and oxygen atoms in total. The molecule has 0 aliphatic rings. The third kappa shape index (κ3) is 2.99. The number of hydrogen-bond donors (Lipinski definition) is 1. The molecule has 0 aromatic heterocycles. The summed E-state index contributed by atoms with van der Waals surface area (Å²) < 4.78 is 7.13. The Morgan fingerprint density at radius 1 is 1.54 bits per heavy atom. The fourth-order valence-electron chi connectivity index (χ4n) is 1.16. The summed E-state index contributed by atoms with van der Waals surface area (Å²) in [7, 11) is 0. The first-order valence-electron chi connectivity index (χ1n) is 4.97. The summed E-state index contributed by atoms with van der Waals surface area (Å²) in [6, 6.07) is 9.41. The van der Waals surface area contributed by atoms with E-state index in [-0.39, 0.29) is 19.5 Å². The van der Waals surface area contributed by atoms with Gasteiger partial charge in [0.15, 0.2) is 0 Å². The molecule has 0 radical (unpaired) electrons. The molecule has 1 aromatic rings. The van der Waals surface area contributed by atoms with Gasteiger partial charge in [-0.05, 0) is 19.4 Å². The molecule has 0 saturated carbocycles. The Morgan fingerprint density at radius 2 is 2.23 bits per heavy atom. The second-order valence-electron chi connectivity index (χ2n) is 2.97. The average molecular weight is 178 g/mol. The molecule has 1 aromatic carbocycles. The van der Waals surface area contributed by atoms with Gasteiger partial charge in [0, 0.05) is 7.08 Å². The number of benzene rings is 1. The van der Waals surface area contributed by atoms with Crippen molar-refractivity contribution >= 4 is 5.71 Å². The molecule has 0 aliphatic carbocycles. The van der Waals surface area contributed by atoms with Gasteiger partial charge in [0.25, 0.3) is 0 Å². The summed E-state index contributed by atoms with van der Waals surface area (Å²) in [4.78, 5) is 4.26. The van der Waals surface area contributed by atoms with Gasteiger partial charge < -0.3 is 5.11 Å². The highest BCUT2D eigenvalue weighted by atomic mass is 16.3. The van der Waals surface area contributed by atoms with Gasteiger partial charge in [0.05, 0.1) is 12.6 Å². The lowest BCUT2D eigenvalue weighted by Crippen LogP contribution is -2.02. The molecule has 0 amide bonds. The first-order valence-corrected chi connectivity index (χ1v) is 4.26. The maximum atomic E-state index is 9.16. The lowest BCUT2D eigenvalue weighted by molar-refractivity contribution is 0.269. The molecular weight excluding hydrogens is 162 g/mol. The average Bonchev–Trinajstić information content (AvgIpc) is 2.26. The van der Waals surface area contributed by atoms with Crippen molar-refractivity contribution in [3.63, 3.8) is 0 Å². The summed E-state index contributed by atoms with van der Waals surface area (Å²) in [6.45, 7) is 1.98. The van der Waals surface area contributed by atoms with Crippen molar-refractivity contribution in [3.8, 4) is 0 Å². The topological polar surface area (TPSA) is 32.6 Å². The Labute approximate surface area is 80.4 Å². The summed E-state index contributed by atoms with van der Waals surface area (Å²) >= 11 is 0. The van der Waals surface area contributed by atoms with Crippen LogP contribution in [-0.2, 0) is 0 Å². The van der Waals surface area contributed by atoms with Crippen LogP contribution in [0.2, 0.25) is 0 Å². The number of nitrogens with zero attached hydrogens (tertiary/aromatic N) is 1. The van der Waals surface area contributed by atoms with E-state index in [1.54, 1.807) is 6.92 Å². The Morgan fingerprint density at radius 3 is 2.77 bits per heavy atom. The van der Waals surface area contributed by atoms with Crippen LogP contribution in [-0.4, -0.2) is 17.4 Å². The third-order valence-corrected chi connectivity index (χ3v) is 1.73. The van der Waals surface area contributed by atoms with E-state index < -0.39 is 0 Å². The van der Waals surface area contributed by atoms with Crippen molar-refractivity contribution in [2.24, 2.45) is 4.99 Å². The predicted molar refractivity (Wildman–Crippen MR) is 55.1 cm³/mol. The smallest absolute Gasteiger partial charge is 0.0978 e. The monoisotopic (exact) mass is 178 g/mol. The largest absolute Gasteiger partial charge is 0.394 e. The summed E-state index contributed by atoms with van der Waals surface area (Å²) in [6.07, 6.45) is 0. The zero-order valence-corrected chi connectivity index (χ0v) is 7.77. The van der Waals surface area contributed by atoms with Crippen LogP contribution in [0.4, 0.5) is 0 Å². The van der Waals surface area contributed by atoms with Crippen LogP contribution in [0, 0.1) is 0 Å². The zero-order valence-electron chi connectivity index (χ0n) is 8.77. The first kappa shape index (κ1) is 8.45.